The first-order chi connectivity index (χ1) is 13.2. The highest BCUT2D eigenvalue weighted by atomic mass is 16.5. The average Bonchev–Trinajstić information content (AvgIpc) is 2.69. The fraction of sp³-hybridized carbons (Fsp3) is 0.381. The third-order valence-corrected chi connectivity index (χ3v) is 4.80. The van der Waals surface area contributed by atoms with Gasteiger partial charge in [-0.2, -0.15) is 0 Å². The molecule has 140 valence electrons. The van der Waals surface area contributed by atoms with Gasteiger partial charge in [-0.3, -0.25) is 9.88 Å². The van der Waals surface area contributed by atoms with Gasteiger partial charge in [-0.15, -0.1) is 0 Å². The largest absolute Gasteiger partial charge is 0.474 e. The zero-order chi connectivity index (χ0) is 18.6. The van der Waals surface area contributed by atoms with Crippen LogP contribution in [0.2, 0.25) is 0 Å². The summed E-state index contributed by atoms with van der Waals surface area (Å²) in [6, 6.07) is 10.5. The van der Waals surface area contributed by atoms with Gasteiger partial charge in [0, 0.05) is 50.8 Å². The van der Waals surface area contributed by atoms with E-state index in [0.29, 0.717) is 5.88 Å². The molecule has 0 spiro atoms. The molecular formula is C21H25N5O. The second-order valence-corrected chi connectivity index (χ2v) is 7.17. The zero-order valence-corrected chi connectivity index (χ0v) is 15.9. The number of fused-ring (bicyclic) bond motifs is 1. The van der Waals surface area contributed by atoms with E-state index in [0.717, 1.165) is 43.6 Å². The first-order valence-corrected chi connectivity index (χ1v) is 9.46. The van der Waals surface area contributed by atoms with Crippen LogP contribution in [0.3, 0.4) is 0 Å². The lowest BCUT2D eigenvalue weighted by Crippen LogP contribution is -2.45. The van der Waals surface area contributed by atoms with Gasteiger partial charge < -0.3 is 9.64 Å². The topological polar surface area (TPSA) is 54.4 Å². The molecule has 3 aromatic rings. The normalized spacial score (nSPS) is 15.4. The summed E-state index contributed by atoms with van der Waals surface area (Å²) in [6.07, 6.45) is 5.42. The molecule has 1 saturated heterocycles. The van der Waals surface area contributed by atoms with E-state index in [1.807, 2.05) is 32.3 Å². The highest BCUT2D eigenvalue weighted by Crippen LogP contribution is 2.28. The number of pyridine rings is 1. The first-order valence-electron chi connectivity index (χ1n) is 9.46. The summed E-state index contributed by atoms with van der Waals surface area (Å²) in [5.41, 5.74) is 3.39. The van der Waals surface area contributed by atoms with Crippen LogP contribution in [0.25, 0.3) is 10.9 Å². The molecule has 1 aliphatic heterocycles. The van der Waals surface area contributed by atoms with Gasteiger partial charge >= 0.3 is 0 Å². The fourth-order valence-electron chi connectivity index (χ4n) is 3.45. The summed E-state index contributed by atoms with van der Waals surface area (Å²) in [5.74, 6) is 0.659. The lowest BCUT2D eigenvalue weighted by Gasteiger charge is -2.36. The van der Waals surface area contributed by atoms with Gasteiger partial charge in [0.25, 0.3) is 0 Å². The Morgan fingerprint density at radius 2 is 1.93 bits per heavy atom. The van der Waals surface area contributed by atoms with Gasteiger partial charge in [0.1, 0.15) is 6.33 Å². The third kappa shape index (κ3) is 4.17. The monoisotopic (exact) mass is 363 g/mol. The smallest absolute Gasteiger partial charge is 0.224 e. The van der Waals surface area contributed by atoms with Crippen LogP contribution < -0.4 is 9.64 Å². The number of aromatic nitrogens is 3. The molecule has 4 rings (SSSR count). The molecule has 0 atom stereocenters. The van der Waals surface area contributed by atoms with E-state index in [4.69, 9.17) is 4.74 Å². The lowest BCUT2D eigenvalue weighted by molar-refractivity contribution is 0.235. The van der Waals surface area contributed by atoms with Crippen molar-refractivity contribution in [2.75, 3.05) is 31.1 Å². The number of rotatable bonds is 5. The van der Waals surface area contributed by atoms with Crippen molar-refractivity contribution in [1.82, 2.24) is 19.9 Å². The van der Waals surface area contributed by atoms with E-state index < -0.39 is 0 Å². The van der Waals surface area contributed by atoms with Crippen LogP contribution in [-0.2, 0) is 6.54 Å². The first kappa shape index (κ1) is 17.7. The molecule has 0 unspecified atom stereocenters. The fourth-order valence-corrected chi connectivity index (χ4v) is 3.45. The third-order valence-electron chi connectivity index (χ3n) is 4.80. The van der Waals surface area contributed by atoms with Crippen molar-refractivity contribution >= 4 is 16.6 Å². The van der Waals surface area contributed by atoms with Crippen LogP contribution in [0.4, 0.5) is 5.69 Å². The Balaban J connectivity index is 1.47. The predicted molar refractivity (Wildman–Crippen MR) is 107 cm³/mol. The Bertz CT molecular complexity index is 891. The van der Waals surface area contributed by atoms with Crippen molar-refractivity contribution in [3.05, 3.63) is 54.6 Å². The Kier molecular flexibility index (Phi) is 5.16. The van der Waals surface area contributed by atoms with Gasteiger partial charge in [-0.25, -0.2) is 9.97 Å². The molecule has 0 bridgehead atoms. The van der Waals surface area contributed by atoms with Gasteiger partial charge in [0.05, 0.1) is 17.0 Å². The second kappa shape index (κ2) is 7.88. The summed E-state index contributed by atoms with van der Waals surface area (Å²) in [7, 11) is 0. The maximum absolute atomic E-state index is 5.87. The van der Waals surface area contributed by atoms with Gasteiger partial charge in [-0.05, 0) is 43.7 Å². The van der Waals surface area contributed by atoms with Crippen LogP contribution in [0, 0.1) is 0 Å². The van der Waals surface area contributed by atoms with E-state index in [2.05, 4.69) is 49.0 Å². The minimum absolute atomic E-state index is 0.0859. The molecule has 27 heavy (non-hydrogen) atoms. The van der Waals surface area contributed by atoms with Crippen molar-refractivity contribution in [2.24, 2.45) is 0 Å². The maximum Gasteiger partial charge on any atom is 0.224 e. The molecule has 6 nitrogen and oxygen atoms in total. The van der Waals surface area contributed by atoms with Crippen molar-refractivity contribution in [2.45, 2.75) is 26.5 Å². The summed E-state index contributed by atoms with van der Waals surface area (Å²) >= 11 is 0. The Hall–Kier alpha value is -2.73. The molecule has 0 saturated carbocycles. The highest BCUT2D eigenvalue weighted by molar-refractivity contribution is 5.86. The van der Waals surface area contributed by atoms with E-state index in [1.54, 1.807) is 6.33 Å². The Morgan fingerprint density at radius 3 is 2.67 bits per heavy atom. The van der Waals surface area contributed by atoms with Crippen molar-refractivity contribution < 1.29 is 4.74 Å². The SMILES string of the molecule is CC(C)Oc1ncnc2ccc(N3CCN(Cc4cccnc4)CC3)cc12. The predicted octanol–water partition coefficient (Wildman–Crippen LogP) is 3.13. The standard InChI is InChI=1S/C21H25N5O/c1-16(2)27-21-19-12-18(5-6-20(19)23-15-24-21)26-10-8-25(9-11-26)14-17-4-3-7-22-13-17/h3-7,12-13,15-16H,8-11,14H2,1-2H3. The molecule has 0 amide bonds. The average molecular weight is 363 g/mol. The minimum atomic E-state index is 0.0859. The zero-order valence-electron chi connectivity index (χ0n) is 15.9. The number of ether oxygens (including phenoxy) is 1. The molecule has 0 radical (unpaired) electrons. The van der Waals surface area contributed by atoms with Crippen molar-refractivity contribution in [1.29, 1.82) is 0 Å². The molecule has 0 aliphatic carbocycles. The molecule has 1 aromatic carbocycles. The molecular weight excluding hydrogens is 338 g/mol. The van der Waals surface area contributed by atoms with Crippen LogP contribution in [-0.4, -0.2) is 52.1 Å². The van der Waals surface area contributed by atoms with E-state index in [1.165, 1.54) is 11.3 Å². The summed E-state index contributed by atoms with van der Waals surface area (Å²) < 4.78 is 5.87. The number of piperazine rings is 1. The van der Waals surface area contributed by atoms with Crippen molar-refractivity contribution in [3.63, 3.8) is 0 Å². The molecule has 3 heterocycles. The number of benzene rings is 1. The van der Waals surface area contributed by atoms with E-state index in [-0.39, 0.29) is 6.10 Å². The molecule has 2 aromatic heterocycles. The minimum Gasteiger partial charge on any atom is -0.474 e. The number of nitrogens with zero attached hydrogens (tertiary/aromatic N) is 5. The van der Waals surface area contributed by atoms with E-state index >= 15 is 0 Å². The van der Waals surface area contributed by atoms with Crippen LogP contribution in [0.5, 0.6) is 5.88 Å². The lowest BCUT2D eigenvalue weighted by atomic mass is 10.1. The van der Waals surface area contributed by atoms with Crippen LogP contribution >= 0.6 is 0 Å². The Morgan fingerprint density at radius 1 is 1.07 bits per heavy atom. The summed E-state index contributed by atoms with van der Waals surface area (Å²) in [5, 5.41) is 0.974. The van der Waals surface area contributed by atoms with Gasteiger partial charge in [0.2, 0.25) is 5.88 Å². The van der Waals surface area contributed by atoms with Gasteiger partial charge in [0.15, 0.2) is 0 Å². The maximum atomic E-state index is 5.87. The summed E-state index contributed by atoms with van der Waals surface area (Å²) in [4.78, 5) is 17.8. The molecule has 0 N–H and O–H groups in total. The quantitative estimate of drug-likeness (QED) is 0.694. The molecule has 1 aliphatic rings. The van der Waals surface area contributed by atoms with Gasteiger partial charge in [-0.1, -0.05) is 6.07 Å². The van der Waals surface area contributed by atoms with Crippen LogP contribution in [0.1, 0.15) is 19.4 Å². The Labute approximate surface area is 159 Å². The van der Waals surface area contributed by atoms with E-state index in [9.17, 15) is 0 Å². The summed E-state index contributed by atoms with van der Waals surface area (Å²) in [6.45, 7) is 9.05. The number of hydrogen-bond donors (Lipinski definition) is 0. The highest BCUT2D eigenvalue weighted by Gasteiger charge is 2.18. The second-order valence-electron chi connectivity index (χ2n) is 7.17. The molecule has 1 fully saturated rings. The molecule has 6 heteroatoms. The van der Waals surface area contributed by atoms with Crippen LogP contribution in [0.15, 0.2) is 49.1 Å². The number of anilines is 1. The number of hydrogen-bond acceptors (Lipinski definition) is 6. The van der Waals surface area contributed by atoms with Crippen molar-refractivity contribution in [3.8, 4) is 5.88 Å².